The number of hydrogen-bond acceptors (Lipinski definition) is 5. The number of nitro groups is 1. The first-order chi connectivity index (χ1) is 8.56. The first-order valence-electron chi connectivity index (χ1n) is 4.97. The van der Waals surface area contributed by atoms with Crippen LogP contribution in [0.25, 0.3) is 0 Å². The molecule has 0 atom stereocenters. The molecule has 0 fully saturated rings. The van der Waals surface area contributed by atoms with Gasteiger partial charge in [-0.1, -0.05) is 11.6 Å². The Morgan fingerprint density at radius 2 is 2.17 bits per heavy atom. The van der Waals surface area contributed by atoms with Crippen LogP contribution in [0.3, 0.4) is 0 Å². The second-order valence-electron chi connectivity index (χ2n) is 3.47. The quantitative estimate of drug-likeness (QED) is 0.400. The Bertz CT molecular complexity index is 585. The Hall–Kier alpha value is -1.66. The largest absolute Gasteiger partial charge is 0.433 e. The predicted molar refractivity (Wildman–Crippen MR) is 70.8 cm³/mol. The van der Waals surface area contributed by atoms with E-state index in [1.807, 2.05) is 0 Å². The molecule has 0 aliphatic carbocycles. The van der Waals surface area contributed by atoms with Crippen molar-refractivity contribution >= 4 is 34.9 Å². The molecule has 1 aromatic carbocycles. The summed E-state index contributed by atoms with van der Waals surface area (Å²) in [5, 5.41) is 11.0. The Labute approximate surface area is 112 Å². The van der Waals surface area contributed by atoms with Crippen LogP contribution < -0.4 is 5.73 Å². The van der Waals surface area contributed by atoms with Crippen molar-refractivity contribution in [2.75, 3.05) is 5.73 Å². The van der Waals surface area contributed by atoms with Gasteiger partial charge in [-0.15, -0.1) is 11.8 Å². The molecule has 0 amide bonds. The Morgan fingerprint density at radius 3 is 2.83 bits per heavy atom. The van der Waals surface area contributed by atoms with Crippen LogP contribution >= 0.6 is 23.4 Å². The molecule has 2 aromatic rings. The van der Waals surface area contributed by atoms with E-state index in [-0.39, 0.29) is 5.88 Å². The fourth-order valence-corrected chi connectivity index (χ4v) is 2.46. The van der Waals surface area contributed by atoms with E-state index >= 15 is 0 Å². The zero-order chi connectivity index (χ0) is 13.1. The van der Waals surface area contributed by atoms with Gasteiger partial charge in [0, 0.05) is 15.6 Å². The molecule has 0 saturated heterocycles. The average molecular weight is 285 g/mol. The third-order valence-electron chi connectivity index (χ3n) is 2.17. The van der Waals surface area contributed by atoms with Crippen molar-refractivity contribution in [2.24, 2.45) is 0 Å². The molecule has 2 N–H and O–H groups in total. The van der Waals surface area contributed by atoms with Gasteiger partial charge in [-0.3, -0.25) is 10.1 Å². The van der Waals surface area contributed by atoms with Gasteiger partial charge >= 0.3 is 5.88 Å². The van der Waals surface area contributed by atoms with Crippen LogP contribution in [0.2, 0.25) is 5.02 Å². The molecule has 0 bridgehead atoms. The summed E-state index contributed by atoms with van der Waals surface area (Å²) in [6, 6.07) is 8.08. The third-order valence-corrected chi connectivity index (χ3v) is 3.50. The number of rotatable bonds is 4. The minimum Gasteiger partial charge on any atom is -0.405 e. The molecule has 1 heterocycles. The molecule has 0 radical (unpaired) electrons. The van der Waals surface area contributed by atoms with Crippen LogP contribution in [0.4, 0.5) is 11.6 Å². The standard InChI is InChI=1S/C11H9ClN2O3S/c12-7-1-3-9(13)10(5-7)18-6-8-2-4-11(17-8)14(15)16/h1-5H,6,13H2. The van der Waals surface area contributed by atoms with E-state index < -0.39 is 4.92 Å². The van der Waals surface area contributed by atoms with Crippen molar-refractivity contribution in [3.8, 4) is 0 Å². The maximum absolute atomic E-state index is 10.5. The van der Waals surface area contributed by atoms with Crippen molar-refractivity contribution in [1.82, 2.24) is 0 Å². The van der Waals surface area contributed by atoms with Gasteiger partial charge in [0.15, 0.2) is 0 Å². The molecule has 18 heavy (non-hydrogen) atoms. The first kappa shape index (κ1) is 12.8. The lowest BCUT2D eigenvalue weighted by atomic mass is 10.3. The average Bonchev–Trinajstić information content (AvgIpc) is 2.79. The topological polar surface area (TPSA) is 82.3 Å². The lowest BCUT2D eigenvalue weighted by Crippen LogP contribution is -1.88. The minimum atomic E-state index is -0.568. The Balaban J connectivity index is 2.06. The van der Waals surface area contributed by atoms with Crippen LogP contribution in [0.1, 0.15) is 5.76 Å². The van der Waals surface area contributed by atoms with Gasteiger partial charge in [-0.25, -0.2) is 0 Å². The van der Waals surface area contributed by atoms with E-state index in [0.717, 1.165) is 4.90 Å². The van der Waals surface area contributed by atoms with Gasteiger partial charge < -0.3 is 10.2 Å². The molecule has 0 aliphatic heterocycles. The summed E-state index contributed by atoms with van der Waals surface area (Å²) in [4.78, 5) is 10.7. The number of hydrogen-bond donors (Lipinski definition) is 1. The van der Waals surface area contributed by atoms with Crippen molar-refractivity contribution in [3.05, 3.63) is 51.2 Å². The number of halogens is 1. The lowest BCUT2D eigenvalue weighted by Gasteiger charge is -2.04. The van der Waals surface area contributed by atoms with Gasteiger partial charge in [-0.2, -0.15) is 0 Å². The van der Waals surface area contributed by atoms with Crippen LogP contribution in [-0.2, 0) is 5.75 Å². The maximum Gasteiger partial charge on any atom is 0.433 e. The molecule has 2 rings (SSSR count). The van der Waals surface area contributed by atoms with E-state index in [0.29, 0.717) is 22.2 Å². The molecule has 7 heteroatoms. The summed E-state index contributed by atoms with van der Waals surface area (Å²) in [6.45, 7) is 0. The maximum atomic E-state index is 10.5. The minimum absolute atomic E-state index is 0.260. The van der Waals surface area contributed by atoms with Gasteiger partial charge in [0.1, 0.15) is 10.7 Å². The number of thioether (sulfide) groups is 1. The lowest BCUT2D eigenvalue weighted by molar-refractivity contribution is -0.402. The van der Waals surface area contributed by atoms with E-state index in [4.69, 9.17) is 21.8 Å². The van der Waals surface area contributed by atoms with Crippen molar-refractivity contribution in [2.45, 2.75) is 10.6 Å². The normalized spacial score (nSPS) is 10.5. The number of nitrogens with zero attached hydrogens (tertiary/aromatic N) is 1. The second kappa shape index (κ2) is 5.32. The second-order valence-corrected chi connectivity index (χ2v) is 4.92. The summed E-state index contributed by atoms with van der Waals surface area (Å²) >= 11 is 7.28. The van der Waals surface area contributed by atoms with E-state index in [1.165, 1.54) is 17.8 Å². The predicted octanol–water partition coefficient (Wildman–Crippen LogP) is 3.72. The van der Waals surface area contributed by atoms with Crippen molar-refractivity contribution < 1.29 is 9.34 Å². The SMILES string of the molecule is Nc1ccc(Cl)cc1SCc1ccc([N+](=O)[O-])o1. The molecule has 5 nitrogen and oxygen atoms in total. The number of anilines is 1. The number of benzene rings is 1. The molecule has 0 aliphatic rings. The highest BCUT2D eigenvalue weighted by atomic mass is 35.5. The van der Waals surface area contributed by atoms with Gasteiger partial charge in [-0.05, 0) is 24.3 Å². The molecule has 0 spiro atoms. The van der Waals surface area contributed by atoms with Crippen LogP contribution in [0.5, 0.6) is 0 Å². The monoisotopic (exact) mass is 284 g/mol. The third kappa shape index (κ3) is 2.96. The summed E-state index contributed by atoms with van der Waals surface area (Å²) < 4.78 is 5.04. The zero-order valence-corrected chi connectivity index (χ0v) is 10.7. The highest BCUT2D eigenvalue weighted by Gasteiger charge is 2.12. The number of nitrogen functional groups attached to an aromatic ring is 1. The molecule has 0 unspecified atom stereocenters. The number of furan rings is 1. The van der Waals surface area contributed by atoms with E-state index in [1.54, 1.807) is 24.3 Å². The fourth-order valence-electron chi connectivity index (χ4n) is 1.32. The van der Waals surface area contributed by atoms with Crippen molar-refractivity contribution in [3.63, 3.8) is 0 Å². The highest BCUT2D eigenvalue weighted by Crippen LogP contribution is 2.31. The van der Waals surface area contributed by atoms with E-state index in [2.05, 4.69) is 0 Å². The molecule has 0 saturated carbocycles. The van der Waals surface area contributed by atoms with E-state index in [9.17, 15) is 10.1 Å². The summed E-state index contributed by atoms with van der Waals surface area (Å²) in [6.07, 6.45) is 0. The van der Waals surface area contributed by atoms with Gasteiger partial charge in [0.2, 0.25) is 0 Å². The smallest absolute Gasteiger partial charge is 0.405 e. The summed E-state index contributed by atoms with van der Waals surface area (Å²) in [7, 11) is 0. The molecule has 94 valence electrons. The number of nitrogens with two attached hydrogens (primary N) is 1. The molecular formula is C11H9ClN2O3S. The highest BCUT2D eigenvalue weighted by molar-refractivity contribution is 7.98. The van der Waals surface area contributed by atoms with Crippen LogP contribution in [0.15, 0.2) is 39.6 Å². The zero-order valence-electron chi connectivity index (χ0n) is 9.13. The molecule has 1 aromatic heterocycles. The van der Waals surface area contributed by atoms with Crippen molar-refractivity contribution in [1.29, 1.82) is 0 Å². The fraction of sp³-hybridized carbons (Fsp3) is 0.0909. The summed E-state index contributed by atoms with van der Waals surface area (Å²) in [5.41, 5.74) is 6.40. The van der Waals surface area contributed by atoms with Gasteiger partial charge in [0.25, 0.3) is 0 Å². The molecular weight excluding hydrogens is 276 g/mol. The Kier molecular flexibility index (Phi) is 3.78. The summed E-state index contributed by atoms with van der Waals surface area (Å²) in [5.74, 6) is 0.717. The van der Waals surface area contributed by atoms with Crippen LogP contribution in [-0.4, -0.2) is 4.92 Å². The van der Waals surface area contributed by atoms with Crippen LogP contribution in [0, 0.1) is 10.1 Å². The Morgan fingerprint density at radius 1 is 1.39 bits per heavy atom. The first-order valence-corrected chi connectivity index (χ1v) is 6.33. The van der Waals surface area contributed by atoms with Gasteiger partial charge in [0.05, 0.1) is 11.8 Å².